The summed E-state index contributed by atoms with van der Waals surface area (Å²) in [5.74, 6) is 0.666. The molecular formula is C10H17ClN2. The first-order chi connectivity index (χ1) is 6.31. The van der Waals surface area contributed by atoms with Crippen molar-refractivity contribution in [2.24, 2.45) is 11.7 Å². The van der Waals surface area contributed by atoms with Crippen LogP contribution in [0.25, 0.3) is 0 Å². The molecule has 2 aliphatic rings. The summed E-state index contributed by atoms with van der Waals surface area (Å²) in [6, 6.07) is 0.650. The molecule has 2 nitrogen and oxygen atoms in total. The van der Waals surface area contributed by atoms with Crippen LogP contribution in [0.5, 0.6) is 0 Å². The molecule has 2 rings (SSSR count). The maximum absolute atomic E-state index is 6.16. The Hall–Kier alpha value is -0.210. The van der Waals surface area contributed by atoms with Crippen molar-refractivity contribution in [3.63, 3.8) is 0 Å². The van der Waals surface area contributed by atoms with Gasteiger partial charge < -0.3 is 11.1 Å². The fourth-order valence-electron chi connectivity index (χ4n) is 2.47. The first-order valence-corrected chi connectivity index (χ1v) is 5.54. The SMILES string of the molecule is NCCC1=CNC2CCC(Cl)CC12. The summed E-state index contributed by atoms with van der Waals surface area (Å²) in [5, 5.41) is 3.81. The Bertz CT molecular complexity index is 215. The van der Waals surface area contributed by atoms with E-state index in [4.69, 9.17) is 17.3 Å². The lowest BCUT2D eigenvalue weighted by atomic mass is 9.81. The zero-order chi connectivity index (χ0) is 9.26. The van der Waals surface area contributed by atoms with Gasteiger partial charge in [0, 0.05) is 17.3 Å². The van der Waals surface area contributed by atoms with E-state index in [9.17, 15) is 0 Å². The Balaban J connectivity index is 2.00. The van der Waals surface area contributed by atoms with Gasteiger partial charge in [-0.15, -0.1) is 11.6 Å². The zero-order valence-corrected chi connectivity index (χ0v) is 8.56. The summed E-state index contributed by atoms with van der Waals surface area (Å²) < 4.78 is 0. The van der Waals surface area contributed by atoms with Gasteiger partial charge in [-0.2, -0.15) is 0 Å². The van der Waals surface area contributed by atoms with Gasteiger partial charge in [0.15, 0.2) is 0 Å². The van der Waals surface area contributed by atoms with Crippen LogP contribution in [-0.4, -0.2) is 18.0 Å². The molecule has 74 valence electrons. The number of fused-ring (bicyclic) bond motifs is 1. The molecule has 0 spiro atoms. The van der Waals surface area contributed by atoms with Gasteiger partial charge in [0.1, 0.15) is 0 Å². The summed E-state index contributed by atoms with van der Waals surface area (Å²) in [6.07, 6.45) is 6.68. The van der Waals surface area contributed by atoms with Crippen molar-refractivity contribution in [2.45, 2.75) is 37.1 Å². The molecule has 1 aliphatic heterocycles. The standard InChI is InChI=1S/C10H17ClN2/c11-8-1-2-10-9(5-8)7(3-4-12)6-13-10/h6,8-10,13H,1-5,12H2. The molecule has 0 amide bonds. The molecule has 1 aliphatic carbocycles. The van der Waals surface area contributed by atoms with E-state index in [0.717, 1.165) is 25.8 Å². The fraction of sp³-hybridized carbons (Fsp3) is 0.800. The summed E-state index contributed by atoms with van der Waals surface area (Å²) in [6.45, 7) is 0.754. The third-order valence-electron chi connectivity index (χ3n) is 3.18. The van der Waals surface area contributed by atoms with Crippen LogP contribution in [-0.2, 0) is 0 Å². The Morgan fingerprint density at radius 3 is 3.15 bits per heavy atom. The lowest BCUT2D eigenvalue weighted by Gasteiger charge is -2.30. The molecule has 13 heavy (non-hydrogen) atoms. The van der Waals surface area contributed by atoms with Gasteiger partial charge in [0.25, 0.3) is 0 Å². The molecule has 0 aromatic rings. The molecule has 3 N–H and O–H groups in total. The number of hydrogen-bond acceptors (Lipinski definition) is 2. The van der Waals surface area contributed by atoms with E-state index in [-0.39, 0.29) is 0 Å². The van der Waals surface area contributed by atoms with Crippen LogP contribution in [0.4, 0.5) is 0 Å². The molecule has 3 atom stereocenters. The molecule has 0 aromatic heterocycles. The first-order valence-electron chi connectivity index (χ1n) is 5.10. The summed E-state index contributed by atoms with van der Waals surface area (Å²) in [4.78, 5) is 0. The van der Waals surface area contributed by atoms with Crippen LogP contribution in [0, 0.1) is 5.92 Å². The van der Waals surface area contributed by atoms with Crippen molar-refractivity contribution in [3.8, 4) is 0 Å². The van der Waals surface area contributed by atoms with E-state index in [2.05, 4.69) is 11.5 Å². The minimum Gasteiger partial charge on any atom is -0.388 e. The Kier molecular flexibility index (Phi) is 2.80. The second-order valence-corrected chi connectivity index (χ2v) is 4.67. The number of rotatable bonds is 2. The summed E-state index contributed by atoms with van der Waals surface area (Å²) in [7, 11) is 0. The molecular weight excluding hydrogens is 184 g/mol. The molecule has 0 saturated heterocycles. The van der Waals surface area contributed by atoms with E-state index >= 15 is 0 Å². The minimum absolute atomic E-state index is 0.377. The van der Waals surface area contributed by atoms with Gasteiger partial charge >= 0.3 is 0 Å². The third kappa shape index (κ3) is 1.84. The molecule has 1 heterocycles. The molecule has 3 unspecified atom stereocenters. The topological polar surface area (TPSA) is 38.0 Å². The lowest BCUT2D eigenvalue weighted by molar-refractivity contribution is 0.342. The second-order valence-electron chi connectivity index (χ2n) is 4.05. The molecule has 0 aromatic carbocycles. The van der Waals surface area contributed by atoms with Crippen LogP contribution in [0.3, 0.4) is 0 Å². The van der Waals surface area contributed by atoms with Gasteiger partial charge in [-0.05, 0) is 44.0 Å². The summed E-state index contributed by atoms with van der Waals surface area (Å²) >= 11 is 6.16. The monoisotopic (exact) mass is 200 g/mol. The maximum atomic E-state index is 6.16. The average Bonchev–Trinajstić information content (AvgIpc) is 2.49. The highest BCUT2D eigenvalue weighted by Crippen LogP contribution is 2.36. The van der Waals surface area contributed by atoms with Gasteiger partial charge in [-0.25, -0.2) is 0 Å². The average molecular weight is 201 g/mol. The van der Waals surface area contributed by atoms with Crippen molar-refractivity contribution < 1.29 is 0 Å². The fourth-order valence-corrected chi connectivity index (χ4v) is 2.79. The van der Waals surface area contributed by atoms with Crippen LogP contribution in [0.1, 0.15) is 25.7 Å². The number of hydrogen-bond donors (Lipinski definition) is 2. The third-order valence-corrected chi connectivity index (χ3v) is 3.57. The van der Waals surface area contributed by atoms with Crippen LogP contribution < -0.4 is 11.1 Å². The maximum Gasteiger partial charge on any atom is 0.0343 e. The number of alkyl halides is 1. The van der Waals surface area contributed by atoms with E-state index < -0.39 is 0 Å². The van der Waals surface area contributed by atoms with E-state index in [1.54, 1.807) is 0 Å². The Morgan fingerprint density at radius 1 is 1.54 bits per heavy atom. The summed E-state index contributed by atoms with van der Waals surface area (Å²) in [5.41, 5.74) is 7.05. The van der Waals surface area contributed by atoms with Gasteiger partial charge in [-0.1, -0.05) is 0 Å². The highest BCUT2D eigenvalue weighted by atomic mass is 35.5. The van der Waals surface area contributed by atoms with Gasteiger partial charge in [0.2, 0.25) is 0 Å². The highest BCUT2D eigenvalue weighted by Gasteiger charge is 2.34. The van der Waals surface area contributed by atoms with E-state index in [1.807, 2.05) is 0 Å². The van der Waals surface area contributed by atoms with Crippen LogP contribution in [0.15, 0.2) is 11.8 Å². The molecule has 0 bridgehead atoms. The van der Waals surface area contributed by atoms with Crippen molar-refractivity contribution in [2.75, 3.05) is 6.54 Å². The highest BCUT2D eigenvalue weighted by molar-refractivity contribution is 6.20. The largest absolute Gasteiger partial charge is 0.388 e. The number of nitrogens with two attached hydrogens (primary N) is 1. The molecule has 1 saturated carbocycles. The predicted molar refractivity (Wildman–Crippen MR) is 55.7 cm³/mol. The van der Waals surface area contributed by atoms with Crippen LogP contribution in [0.2, 0.25) is 0 Å². The number of halogens is 1. The van der Waals surface area contributed by atoms with Crippen molar-refractivity contribution >= 4 is 11.6 Å². The van der Waals surface area contributed by atoms with Gasteiger partial charge in [0.05, 0.1) is 0 Å². The predicted octanol–water partition coefficient (Wildman–Crippen LogP) is 1.60. The quantitative estimate of drug-likeness (QED) is 0.665. The first kappa shape index (κ1) is 9.35. The van der Waals surface area contributed by atoms with Gasteiger partial charge in [-0.3, -0.25) is 0 Å². The zero-order valence-electron chi connectivity index (χ0n) is 7.80. The van der Waals surface area contributed by atoms with Crippen molar-refractivity contribution in [3.05, 3.63) is 11.8 Å². The molecule has 0 radical (unpaired) electrons. The van der Waals surface area contributed by atoms with E-state index in [0.29, 0.717) is 17.3 Å². The minimum atomic E-state index is 0.377. The Labute approximate surface area is 84.5 Å². The van der Waals surface area contributed by atoms with Crippen molar-refractivity contribution in [1.29, 1.82) is 0 Å². The number of nitrogens with one attached hydrogen (secondary N) is 1. The molecule has 1 fully saturated rings. The van der Waals surface area contributed by atoms with Crippen LogP contribution >= 0.6 is 11.6 Å². The normalized spacial score (nSPS) is 38.0. The Morgan fingerprint density at radius 2 is 2.38 bits per heavy atom. The van der Waals surface area contributed by atoms with Crippen molar-refractivity contribution in [1.82, 2.24) is 5.32 Å². The molecule has 3 heteroatoms. The second kappa shape index (κ2) is 3.89. The lowest BCUT2D eigenvalue weighted by Crippen LogP contribution is -2.34. The van der Waals surface area contributed by atoms with E-state index in [1.165, 1.54) is 12.0 Å². The smallest absolute Gasteiger partial charge is 0.0343 e.